The van der Waals surface area contributed by atoms with Gasteiger partial charge in [-0.15, -0.1) is 0 Å². The van der Waals surface area contributed by atoms with Crippen LogP contribution in [0.1, 0.15) is 35.3 Å². The van der Waals surface area contributed by atoms with Crippen molar-refractivity contribution in [3.8, 4) is 5.69 Å². The van der Waals surface area contributed by atoms with Gasteiger partial charge in [-0.2, -0.15) is 0 Å². The van der Waals surface area contributed by atoms with Crippen molar-refractivity contribution in [1.29, 1.82) is 0 Å². The van der Waals surface area contributed by atoms with Crippen LogP contribution in [0.4, 0.5) is 0 Å². The Morgan fingerprint density at radius 1 is 0.844 bits per heavy atom. The first-order valence-corrected chi connectivity index (χ1v) is 10.7. The Bertz CT molecular complexity index is 1200. The third-order valence-corrected chi connectivity index (χ3v) is 5.25. The number of aromatic nitrogens is 2. The molecule has 0 saturated carbocycles. The summed E-state index contributed by atoms with van der Waals surface area (Å²) in [6.45, 7) is 5.41. The van der Waals surface area contributed by atoms with Crippen LogP contribution in [0.5, 0.6) is 0 Å². The highest BCUT2D eigenvalue weighted by atomic mass is 16.5. The quantitative estimate of drug-likeness (QED) is 0.271. The van der Waals surface area contributed by atoms with Gasteiger partial charge in [0.05, 0.1) is 11.4 Å². The van der Waals surface area contributed by atoms with Crippen LogP contribution in [0.15, 0.2) is 103 Å². The minimum absolute atomic E-state index is 0.0805. The second-order valence-corrected chi connectivity index (χ2v) is 7.77. The highest BCUT2D eigenvalue weighted by Gasteiger charge is 2.20. The first kappa shape index (κ1) is 21.3. The summed E-state index contributed by atoms with van der Waals surface area (Å²) < 4.78 is 7.62. The first-order valence-electron chi connectivity index (χ1n) is 10.7. The second-order valence-electron chi connectivity index (χ2n) is 7.77. The summed E-state index contributed by atoms with van der Waals surface area (Å²) in [4.78, 5) is 17.0. The highest BCUT2D eigenvalue weighted by Crippen LogP contribution is 2.25. The number of nitrogens with zero attached hydrogens (tertiary/aromatic N) is 2. The Morgan fingerprint density at radius 3 is 1.94 bits per heavy atom. The summed E-state index contributed by atoms with van der Waals surface area (Å²) in [5, 5.41) is 0. The predicted molar refractivity (Wildman–Crippen MR) is 127 cm³/mol. The number of carbonyl (C=O) groups is 1. The molecule has 1 aromatic heterocycles. The van der Waals surface area contributed by atoms with Gasteiger partial charge in [-0.1, -0.05) is 85.4 Å². The fraction of sp³-hybridized carbons (Fsp3) is 0.143. The number of para-hydroxylation sites is 1. The van der Waals surface area contributed by atoms with E-state index in [2.05, 4.69) is 35.4 Å². The van der Waals surface area contributed by atoms with E-state index in [0.717, 1.165) is 23.5 Å². The summed E-state index contributed by atoms with van der Waals surface area (Å²) >= 11 is 0. The molecular weight excluding hydrogens is 396 g/mol. The van der Waals surface area contributed by atoms with Gasteiger partial charge in [0.1, 0.15) is 6.61 Å². The van der Waals surface area contributed by atoms with Gasteiger partial charge in [-0.3, -0.25) is 4.57 Å². The minimum Gasteiger partial charge on any atom is -0.454 e. The molecule has 0 radical (unpaired) electrons. The molecule has 0 aliphatic heterocycles. The van der Waals surface area contributed by atoms with Crippen molar-refractivity contribution >= 4 is 5.97 Å². The molecule has 0 bridgehead atoms. The lowest BCUT2D eigenvalue weighted by Crippen LogP contribution is -2.11. The van der Waals surface area contributed by atoms with Crippen LogP contribution in [-0.2, 0) is 29.0 Å². The topological polar surface area (TPSA) is 44.1 Å². The van der Waals surface area contributed by atoms with Gasteiger partial charge in [0.25, 0.3) is 0 Å². The average Bonchev–Trinajstić information content (AvgIpc) is 3.15. The van der Waals surface area contributed by atoms with E-state index in [1.54, 1.807) is 6.92 Å². The number of hydrogen-bond donors (Lipinski definition) is 0. The van der Waals surface area contributed by atoms with Crippen molar-refractivity contribution in [2.75, 3.05) is 0 Å². The Balaban J connectivity index is 1.81. The normalized spacial score (nSPS) is 10.7. The molecule has 160 valence electrons. The molecule has 0 aliphatic rings. The van der Waals surface area contributed by atoms with E-state index in [-0.39, 0.29) is 6.61 Å². The van der Waals surface area contributed by atoms with E-state index in [1.807, 2.05) is 66.7 Å². The number of imidazole rings is 1. The first-order chi connectivity index (χ1) is 15.6. The molecule has 0 amide bonds. The molecule has 4 rings (SSSR count). The summed E-state index contributed by atoms with van der Waals surface area (Å²) in [5.41, 5.74) is 5.82. The maximum absolute atomic E-state index is 12.1. The molecule has 4 heteroatoms. The molecule has 0 atom stereocenters. The molecular formula is C28H26N2O2. The van der Waals surface area contributed by atoms with Gasteiger partial charge in [-0.25, -0.2) is 9.78 Å². The lowest BCUT2D eigenvalue weighted by Gasteiger charge is -2.14. The molecule has 0 N–H and O–H groups in total. The molecule has 32 heavy (non-hydrogen) atoms. The van der Waals surface area contributed by atoms with Crippen molar-refractivity contribution in [3.05, 3.63) is 131 Å². The maximum Gasteiger partial charge on any atom is 0.333 e. The SMILES string of the molecule is C=C(C)C(=O)OCc1nc(Cc2ccccc2)c(Cc2ccccc2)n1-c1ccccc1. The third kappa shape index (κ3) is 5.03. The van der Waals surface area contributed by atoms with Gasteiger partial charge in [0, 0.05) is 24.1 Å². The largest absolute Gasteiger partial charge is 0.454 e. The van der Waals surface area contributed by atoms with Crippen LogP contribution in [0.25, 0.3) is 5.69 Å². The van der Waals surface area contributed by atoms with Crippen LogP contribution >= 0.6 is 0 Å². The van der Waals surface area contributed by atoms with E-state index in [4.69, 9.17) is 9.72 Å². The molecule has 0 saturated heterocycles. The summed E-state index contributed by atoms with van der Waals surface area (Å²) in [5.74, 6) is 0.282. The second kappa shape index (κ2) is 9.92. The van der Waals surface area contributed by atoms with Crippen LogP contribution in [-0.4, -0.2) is 15.5 Å². The van der Waals surface area contributed by atoms with E-state index >= 15 is 0 Å². The van der Waals surface area contributed by atoms with E-state index in [0.29, 0.717) is 17.8 Å². The number of carbonyl (C=O) groups excluding carboxylic acids is 1. The van der Waals surface area contributed by atoms with Crippen LogP contribution in [0, 0.1) is 0 Å². The number of hydrogen-bond acceptors (Lipinski definition) is 3. The highest BCUT2D eigenvalue weighted by molar-refractivity contribution is 5.86. The van der Waals surface area contributed by atoms with Crippen molar-refractivity contribution < 1.29 is 9.53 Å². The Labute approximate surface area is 188 Å². The van der Waals surface area contributed by atoms with Crippen molar-refractivity contribution in [1.82, 2.24) is 9.55 Å². The van der Waals surface area contributed by atoms with E-state index in [1.165, 1.54) is 11.1 Å². The zero-order valence-corrected chi connectivity index (χ0v) is 18.2. The zero-order valence-electron chi connectivity index (χ0n) is 18.2. The minimum atomic E-state index is -0.415. The van der Waals surface area contributed by atoms with Crippen molar-refractivity contribution in [2.45, 2.75) is 26.4 Å². The summed E-state index contributed by atoms with van der Waals surface area (Å²) in [7, 11) is 0. The van der Waals surface area contributed by atoms with Crippen LogP contribution < -0.4 is 0 Å². The molecule has 0 aliphatic carbocycles. The Morgan fingerprint density at radius 2 is 1.38 bits per heavy atom. The monoisotopic (exact) mass is 422 g/mol. The van der Waals surface area contributed by atoms with E-state index < -0.39 is 5.97 Å². The third-order valence-electron chi connectivity index (χ3n) is 5.25. The van der Waals surface area contributed by atoms with E-state index in [9.17, 15) is 4.79 Å². The lowest BCUT2D eigenvalue weighted by molar-refractivity contribution is -0.140. The standard InChI is InChI=1S/C28H26N2O2/c1-21(2)28(31)32-20-27-29-25(18-22-12-6-3-7-13-22)26(19-23-14-8-4-9-15-23)30(27)24-16-10-5-11-17-24/h3-17H,1,18-20H2,2H3. The zero-order chi connectivity index (χ0) is 22.3. The van der Waals surface area contributed by atoms with Crippen molar-refractivity contribution in [3.63, 3.8) is 0 Å². The molecule has 4 nitrogen and oxygen atoms in total. The Kier molecular flexibility index (Phi) is 6.61. The molecule has 0 unspecified atom stereocenters. The number of benzene rings is 3. The Hall–Kier alpha value is -3.92. The molecule has 1 heterocycles. The predicted octanol–water partition coefficient (Wildman–Crippen LogP) is 5.67. The van der Waals surface area contributed by atoms with Gasteiger partial charge in [0.15, 0.2) is 5.82 Å². The lowest BCUT2D eigenvalue weighted by atomic mass is 10.0. The van der Waals surface area contributed by atoms with Crippen molar-refractivity contribution in [2.24, 2.45) is 0 Å². The molecule has 4 aromatic rings. The average molecular weight is 423 g/mol. The fourth-order valence-electron chi connectivity index (χ4n) is 3.69. The van der Waals surface area contributed by atoms with Crippen LogP contribution in [0.2, 0.25) is 0 Å². The van der Waals surface area contributed by atoms with Crippen LogP contribution in [0.3, 0.4) is 0 Å². The fourth-order valence-corrected chi connectivity index (χ4v) is 3.69. The number of ether oxygens (including phenoxy) is 1. The van der Waals surface area contributed by atoms with Gasteiger partial charge >= 0.3 is 5.97 Å². The molecule has 3 aromatic carbocycles. The smallest absolute Gasteiger partial charge is 0.333 e. The van der Waals surface area contributed by atoms with Gasteiger partial charge in [-0.05, 0) is 30.2 Å². The van der Waals surface area contributed by atoms with Gasteiger partial charge < -0.3 is 4.74 Å². The summed E-state index contributed by atoms with van der Waals surface area (Å²) in [6.07, 6.45) is 1.42. The molecule has 0 spiro atoms. The molecule has 0 fully saturated rings. The summed E-state index contributed by atoms with van der Waals surface area (Å²) in [6, 6.07) is 30.7. The van der Waals surface area contributed by atoms with Gasteiger partial charge in [0.2, 0.25) is 0 Å². The maximum atomic E-state index is 12.1. The number of rotatable bonds is 8. The number of esters is 1.